The van der Waals surface area contributed by atoms with Crippen LogP contribution in [-0.4, -0.2) is 45.6 Å². The quantitative estimate of drug-likeness (QED) is 0.704. The molecule has 3 heterocycles. The molecule has 0 saturated carbocycles. The molecule has 0 aliphatic carbocycles. The molecule has 1 fully saturated rings. The number of ether oxygens (including phenoxy) is 1. The number of likely N-dealkylation sites (tertiary alicyclic amines) is 1. The van der Waals surface area contributed by atoms with E-state index in [1.165, 1.54) is 12.1 Å². The first-order valence-electron chi connectivity index (χ1n) is 10.8. The average Bonchev–Trinajstić information content (AvgIpc) is 3.39. The van der Waals surface area contributed by atoms with E-state index in [1.807, 2.05) is 18.7 Å². The Hall–Kier alpha value is -2.42. The molecule has 2 aliphatic rings. The molecule has 7 nitrogen and oxygen atoms in total. The molecule has 3 N–H and O–H groups in total. The molecule has 4 rings (SSSR count). The van der Waals surface area contributed by atoms with Gasteiger partial charge in [0.15, 0.2) is 0 Å². The van der Waals surface area contributed by atoms with E-state index >= 15 is 0 Å². The maximum Gasteiger partial charge on any atom is 0.337 e. The van der Waals surface area contributed by atoms with Gasteiger partial charge in [-0.1, -0.05) is 24.6 Å². The van der Waals surface area contributed by atoms with Gasteiger partial charge in [0.25, 0.3) is 5.91 Å². The number of nitrogens with two attached hydrogens (primary N) is 1. The summed E-state index contributed by atoms with van der Waals surface area (Å²) in [5.41, 5.74) is 7.87. The van der Waals surface area contributed by atoms with Crippen molar-refractivity contribution in [2.45, 2.75) is 58.3 Å². The number of hydrogen-bond donors (Lipinski definition) is 2. The maximum atomic E-state index is 12.7. The van der Waals surface area contributed by atoms with Crippen LogP contribution in [0.25, 0.3) is 0 Å². The van der Waals surface area contributed by atoms with E-state index < -0.39 is 11.8 Å². The molecule has 9 heteroatoms. The zero-order valence-electron chi connectivity index (χ0n) is 18.3. The second-order valence-corrected chi connectivity index (χ2v) is 8.48. The number of amides is 1. The fourth-order valence-corrected chi connectivity index (χ4v) is 4.24. The monoisotopic (exact) mass is 465 g/mol. The van der Waals surface area contributed by atoms with Crippen molar-refractivity contribution >= 4 is 23.5 Å². The van der Waals surface area contributed by atoms with Crippen molar-refractivity contribution < 1.29 is 23.8 Å². The first-order chi connectivity index (χ1) is 15.2. The predicted molar refractivity (Wildman–Crippen MR) is 119 cm³/mol. The third kappa shape index (κ3) is 5.14. The van der Waals surface area contributed by atoms with E-state index in [2.05, 4.69) is 0 Å². The largest absolute Gasteiger partial charge is 0.478 e. The SMILES string of the molecule is CC[C@@H](N)c1ccc(F)c(Cl)c1.C[C@H]1CCCN1C(=O)c1cc(C(=O)O)c2n1CCOC2. The number of carbonyl (C=O) groups is 2. The minimum absolute atomic E-state index is 0.0527. The molecular weight excluding hydrogens is 437 g/mol. The Balaban J connectivity index is 0.000000207. The van der Waals surface area contributed by atoms with Gasteiger partial charge in [0, 0.05) is 25.2 Å². The number of aromatic nitrogens is 1. The van der Waals surface area contributed by atoms with E-state index in [4.69, 9.17) is 22.1 Å². The van der Waals surface area contributed by atoms with Crippen LogP contribution in [-0.2, 0) is 17.9 Å². The Kier molecular flexibility index (Phi) is 7.92. The number of hydrogen-bond acceptors (Lipinski definition) is 4. The third-order valence-electron chi connectivity index (χ3n) is 5.98. The number of nitrogens with zero attached hydrogens (tertiary/aromatic N) is 2. The maximum absolute atomic E-state index is 12.7. The van der Waals surface area contributed by atoms with Gasteiger partial charge < -0.3 is 25.0 Å². The van der Waals surface area contributed by atoms with Gasteiger partial charge in [-0.2, -0.15) is 0 Å². The minimum atomic E-state index is -1.01. The molecule has 0 radical (unpaired) electrons. The highest BCUT2D eigenvalue weighted by Gasteiger charge is 2.31. The molecule has 1 saturated heterocycles. The number of halogens is 2. The standard InChI is InChI=1S/C14H18N2O4.C9H11ClFN/c1-9-3-2-4-15(9)13(17)11-7-10(14(18)19)12-8-20-6-5-16(11)12;1-2-9(12)6-3-4-8(11)7(10)5-6/h7,9H,2-6,8H2,1H3,(H,18,19);3-5,9H,2,12H2,1H3/t2*9-/m01/s1. The molecule has 2 aliphatic heterocycles. The van der Waals surface area contributed by atoms with Crippen LogP contribution < -0.4 is 5.73 Å². The van der Waals surface area contributed by atoms with Crippen LogP contribution in [0.1, 0.15) is 71.3 Å². The zero-order chi connectivity index (χ0) is 23.4. The summed E-state index contributed by atoms with van der Waals surface area (Å²) >= 11 is 5.58. The van der Waals surface area contributed by atoms with Crippen LogP contribution in [0.3, 0.4) is 0 Å². The molecule has 0 unspecified atom stereocenters. The Labute approximate surface area is 191 Å². The summed E-state index contributed by atoms with van der Waals surface area (Å²) < 4.78 is 19.8. The van der Waals surface area contributed by atoms with E-state index in [9.17, 15) is 19.1 Å². The first-order valence-corrected chi connectivity index (χ1v) is 11.2. The number of benzene rings is 1. The molecule has 2 atom stereocenters. The summed E-state index contributed by atoms with van der Waals surface area (Å²) in [5.74, 6) is -1.47. The number of carbonyl (C=O) groups excluding carboxylic acids is 1. The topological polar surface area (TPSA) is 97.8 Å². The highest BCUT2D eigenvalue weighted by molar-refractivity contribution is 6.30. The van der Waals surface area contributed by atoms with Gasteiger partial charge in [0.2, 0.25) is 0 Å². The summed E-state index contributed by atoms with van der Waals surface area (Å²) in [7, 11) is 0. The van der Waals surface area contributed by atoms with Crippen molar-refractivity contribution in [1.29, 1.82) is 0 Å². The van der Waals surface area contributed by atoms with Crippen molar-refractivity contribution in [3.05, 3.63) is 57.6 Å². The molecule has 1 aromatic carbocycles. The second kappa shape index (κ2) is 10.5. The summed E-state index contributed by atoms with van der Waals surface area (Å²) in [6.07, 6.45) is 2.84. The summed E-state index contributed by atoms with van der Waals surface area (Å²) in [5, 5.41) is 9.40. The predicted octanol–water partition coefficient (Wildman–Crippen LogP) is 4.23. The fourth-order valence-electron chi connectivity index (χ4n) is 4.05. The van der Waals surface area contributed by atoms with Crippen LogP contribution >= 0.6 is 11.6 Å². The van der Waals surface area contributed by atoms with E-state index in [0.29, 0.717) is 24.5 Å². The molecule has 32 heavy (non-hydrogen) atoms. The lowest BCUT2D eigenvalue weighted by molar-refractivity contribution is 0.0640. The number of aromatic carboxylic acids is 1. The summed E-state index contributed by atoms with van der Waals surface area (Å²) in [4.78, 5) is 25.8. The van der Waals surface area contributed by atoms with E-state index in [-0.39, 0.29) is 35.2 Å². The Bertz CT molecular complexity index is 994. The number of carboxylic acids is 1. The Morgan fingerprint density at radius 3 is 2.69 bits per heavy atom. The summed E-state index contributed by atoms with van der Waals surface area (Å²) in [6, 6.07) is 6.25. The van der Waals surface area contributed by atoms with Crippen LogP contribution in [0.4, 0.5) is 4.39 Å². The molecule has 2 aromatic rings. The molecule has 0 spiro atoms. The molecule has 174 valence electrons. The fraction of sp³-hybridized carbons (Fsp3) is 0.478. The van der Waals surface area contributed by atoms with Crippen molar-refractivity contribution in [3.8, 4) is 0 Å². The smallest absolute Gasteiger partial charge is 0.337 e. The van der Waals surface area contributed by atoms with Gasteiger partial charge in [-0.25, -0.2) is 9.18 Å². The van der Waals surface area contributed by atoms with Gasteiger partial charge in [0.1, 0.15) is 11.5 Å². The zero-order valence-corrected chi connectivity index (χ0v) is 19.1. The number of rotatable bonds is 4. The van der Waals surface area contributed by atoms with Gasteiger partial charge in [-0.3, -0.25) is 4.79 Å². The molecule has 1 aromatic heterocycles. The van der Waals surface area contributed by atoms with Crippen molar-refractivity contribution in [2.24, 2.45) is 5.73 Å². The van der Waals surface area contributed by atoms with Gasteiger partial charge in [-0.15, -0.1) is 0 Å². The third-order valence-corrected chi connectivity index (χ3v) is 6.27. The van der Waals surface area contributed by atoms with Crippen LogP contribution in [0.5, 0.6) is 0 Å². The van der Waals surface area contributed by atoms with Crippen LogP contribution in [0, 0.1) is 5.82 Å². The molecule has 1 amide bonds. The highest BCUT2D eigenvalue weighted by atomic mass is 35.5. The number of carboxylic acid groups (broad SMARTS) is 1. The summed E-state index contributed by atoms with van der Waals surface area (Å²) in [6.45, 7) is 6.06. The van der Waals surface area contributed by atoms with Crippen molar-refractivity contribution in [2.75, 3.05) is 13.2 Å². The lowest BCUT2D eigenvalue weighted by Gasteiger charge is -2.24. The normalized spacial score (nSPS) is 18.5. The highest BCUT2D eigenvalue weighted by Crippen LogP contribution is 2.25. The Morgan fingerprint density at radius 2 is 2.09 bits per heavy atom. The Morgan fingerprint density at radius 1 is 1.34 bits per heavy atom. The van der Waals surface area contributed by atoms with Gasteiger partial charge in [-0.05, 0) is 49.9 Å². The van der Waals surface area contributed by atoms with Crippen LogP contribution in [0.2, 0.25) is 5.02 Å². The van der Waals surface area contributed by atoms with E-state index in [1.54, 1.807) is 16.7 Å². The number of fused-ring (bicyclic) bond motifs is 1. The van der Waals surface area contributed by atoms with Crippen molar-refractivity contribution in [1.82, 2.24) is 9.47 Å². The van der Waals surface area contributed by atoms with Crippen LogP contribution in [0.15, 0.2) is 24.3 Å². The molecular formula is C23H29ClFN3O4. The van der Waals surface area contributed by atoms with Gasteiger partial charge >= 0.3 is 5.97 Å². The molecule has 0 bridgehead atoms. The lowest BCUT2D eigenvalue weighted by Crippen LogP contribution is -2.35. The first kappa shape index (κ1) is 24.2. The van der Waals surface area contributed by atoms with E-state index in [0.717, 1.165) is 31.4 Å². The lowest BCUT2D eigenvalue weighted by atomic mass is 10.1. The van der Waals surface area contributed by atoms with Crippen molar-refractivity contribution in [3.63, 3.8) is 0 Å². The van der Waals surface area contributed by atoms with Gasteiger partial charge in [0.05, 0.1) is 29.5 Å². The minimum Gasteiger partial charge on any atom is -0.478 e. The average molecular weight is 466 g/mol. The second-order valence-electron chi connectivity index (χ2n) is 8.08.